The molecule has 0 fully saturated rings. The van der Waals surface area contributed by atoms with Gasteiger partial charge in [0.05, 0.1) is 0 Å². The molecular formula is C59H104O6. The fourth-order valence-electron chi connectivity index (χ4n) is 7.90. The van der Waals surface area contributed by atoms with E-state index in [9.17, 15) is 14.4 Å². The summed E-state index contributed by atoms with van der Waals surface area (Å²) in [6, 6.07) is 0. The van der Waals surface area contributed by atoms with Crippen molar-refractivity contribution in [3.63, 3.8) is 0 Å². The summed E-state index contributed by atoms with van der Waals surface area (Å²) in [5.41, 5.74) is 0. The molecule has 0 N–H and O–H groups in total. The molecule has 0 aromatic carbocycles. The number of rotatable bonds is 50. The lowest BCUT2D eigenvalue weighted by atomic mass is 10.0. The molecule has 0 saturated heterocycles. The van der Waals surface area contributed by atoms with Crippen molar-refractivity contribution in [3.8, 4) is 0 Å². The van der Waals surface area contributed by atoms with E-state index < -0.39 is 6.10 Å². The molecule has 0 aromatic heterocycles. The van der Waals surface area contributed by atoms with E-state index in [1.54, 1.807) is 0 Å². The molecule has 6 nitrogen and oxygen atoms in total. The maximum atomic E-state index is 12.8. The first kappa shape index (κ1) is 62.1. The van der Waals surface area contributed by atoms with Crippen LogP contribution in [0.5, 0.6) is 0 Å². The van der Waals surface area contributed by atoms with Gasteiger partial charge in [-0.3, -0.25) is 14.4 Å². The Morgan fingerprint density at radius 2 is 0.600 bits per heavy atom. The van der Waals surface area contributed by atoms with Crippen LogP contribution in [0.25, 0.3) is 0 Å². The van der Waals surface area contributed by atoms with Gasteiger partial charge in [-0.05, 0) is 64.2 Å². The van der Waals surface area contributed by atoms with E-state index in [1.807, 2.05) is 0 Å². The van der Waals surface area contributed by atoms with E-state index in [1.165, 1.54) is 135 Å². The van der Waals surface area contributed by atoms with Crippen molar-refractivity contribution in [2.45, 2.75) is 284 Å². The third kappa shape index (κ3) is 51.9. The summed E-state index contributed by atoms with van der Waals surface area (Å²) in [5.74, 6) is -0.911. The minimum absolute atomic E-state index is 0.0870. The zero-order valence-electron chi connectivity index (χ0n) is 43.0. The van der Waals surface area contributed by atoms with Gasteiger partial charge in [0.15, 0.2) is 6.10 Å². The summed E-state index contributed by atoms with van der Waals surface area (Å²) < 4.78 is 16.8. The monoisotopic (exact) mass is 909 g/mol. The van der Waals surface area contributed by atoms with E-state index in [2.05, 4.69) is 81.5 Å². The smallest absolute Gasteiger partial charge is 0.306 e. The van der Waals surface area contributed by atoms with Crippen LogP contribution in [0, 0.1) is 0 Å². The number of hydrogen-bond donors (Lipinski definition) is 0. The normalized spacial score (nSPS) is 12.5. The Hall–Kier alpha value is -2.89. The van der Waals surface area contributed by atoms with Crippen molar-refractivity contribution in [3.05, 3.63) is 60.8 Å². The molecule has 0 aliphatic carbocycles. The Balaban J connectivity index is 4.39. The second kappa shape index (κ2) is 53.7. The minimum atomic E-state index is -0.787. The second-order valence-electron chi connectivity index (χ2n) is 18.6. The summed E-state index contributed by atoms with van der Waals surface area (Å²) in [7, 11) is 0. The fraction of sp³-hybridized carbons (Fsp3) is 0.780. The number of ether oxygens (including phenoxy) is 3. The first-order chi connectivity index (χ1) is 32.0. The van der Waals surface area contributed by atoms with Crippen LogP contribution in [-0.2, 0) is 28.6 Å². The van der Waals surface area contributed by atoms with Gasteiger partial charge < -0.3 is 14.2 Å². The molecule has 376 valence electrons. The van der Waals surface area contributed by atoms with E-state index in [0.717, 1.165) is 103 Å². The maximum absolute atomic E-state index is 12.8. The van der Waals surface area contributed by atoms with E-state index in [4.69, 9.17) is 14.2 Å². The molecule has 0 radical (unpaired) electrons. The van der Waals surface area contributed by atoms with Gasteiger partial charge >= 0.3 is 17.9 Å². The Labute approximate surface area is 402 Å². The molecule has 0 amide bonds. The molecule has 1 unspecified atom stereocenters. The highest BCUT2D eigenvalue weighted by Crippen LogP contribution is 2.16. The van der Waals surface area contributed by atoms with Crippen molar-refractivity contribution < 1.29 is 28.6 Å². The predicted molar refractivity (Wildman–Crippen MR) is 279 cm³/mol. The molecule has 0 saturated carbocycles. The van der Waals surface area contributed by atoms with Gasteiger partial charge in [0.25, 0.3) is 0 Å². The zero-order chi connectivity index (χ0) is 47.2. The standard InChI is InChI=1S/C59H104O6/c1-4-7-10-13-16-19-22-25-27-29-30-32-34-37-40-43-46-49-52-58(61)64-55-56(54-63-57(60)51-48-45-42-39-36-33-24-21-18-15-12-9-6-3)65-59(62)53-50-47-44-41-38-35-31-28-26-23-20-17-14-11-8-5-2/h9,12,15,18,21,24,27,29-30,32,56H,4-8,10-11,13-14,16-17,19-20,22-23,25-26,28,31,33-55H2,1-3H3/b12-9-,18-15-,24-21-,29-27-,32-30-. The highest BCUT2D eigenvalue weighted by Gasteiger charge is 2.19. The Morgan fingerprint density at radius 3 is 0.938 bits per heavy atom. The lowest BCUT2D eigenvalue weighted by Gasteiger charge is -2.18. The number of esters is 3. The summed E-state index contributed by atoms with van der Waals surface area (Å²) in [6.45, 7) is 6.50. The molecule has 1 atom stereocenters. The second-order valence-corrected chi connectivity index (χ2v) is 18.6. The molecule has 0 bridgehead atoms. The van der Waals surface area contributed by atoms with Crippen molar-refractivity contribution in [2.75, 3.05) is 13.2 Å². The van der Waals surface area contributed by atoms with Crippen molar-refractivity contribution >= 4 is 17.9 Å². The molecule has 0 aliphatic heterocycles. The van der Waals surface area contributed by atoms with Gasteiger partial charge in [-0.2, -0.15) is 0 Å². The lowest BCUT2D eigenvalue weighted by Crippen LogP contribution is -2.30. The summed E-state index contributed by atoms with van der Waals surface area (Å²) >= 11 is 0. The molecule has 0 heterocycles. The molecule has 0 aromatic rings. The maximum Gasteiger partial charge on any atom is 0.306 e. The van der Waals surface area contributed by atoms with E-state index in [0.29, 0.717) is 19.3 Å². The van der Waals surface area contributed by atoms with Gasteiger partial charge in [0.1, 0.15) is 13.2 Å². The van der Waals surface area contributed by atoms with Gasteiger partial charge in [0, 0.05) is 19.3 Å². The van der Waals surface area contributed by atoms with Crippen LogP contribution in [-0.4, -0.2) is 37.2 Å². The number of carbonyl (C=O) groups is 3. The highest BCUT2D eigenvalue weighted by atomic mass is 16.6. The van der Waals surface area contributed by atoms with Gasteiger partial charge in [-0.1, -0.05) is 255 Å². The topological polar surface area (TPSA) is 78.9 Å². The van der Waals surface area contributed by atoms with Crippen LogP contribution in [0.3, 0.4) is 0 Å². The number of allylic oxidation sites excluding steroid dienone is 10. The van der Waals surface area contributed by atoms with Crippen molar-refractivity contribution in [1.82, 2.24) is 0 Å². The Morgan fingerprint density at radius 1 is 0.323 bits per heavy atom. The quantitative estimate of drug-likeness (QED) is 0.0262. The van der Waals surface area contributed by atoms with E-state index in [-0.39, 0.29) is 31.1 Å². The summed E-state index contributed by atoms with van der Waals surface area (Å²) in [5, 5.41) is 0. The fourth-order valence-corrected chi connectivity index (χ4v) is 7.90. The molecule has 0 aliphatic rings. The van der Waals surface area contributed by atoms with E-state index >= 15 is 0 Å². The molecule has 6 heteroatoms. The summed E-state index contributed by atoms with van der Waals surface area (Å²) in [6.07, 6.45) is 66.4. The zero-order valence-corrected chi connectivity index (χ0v) is 43.0. The predicted octanol–water partition coefficient (Wildman–Crippen LogP) is 18.4. The summed E-state index contributed by atoms with van der Waals surface area (Å²) in [4.78, 5) is 38.1. The van der Waals surface area contributed by atoms with Crippen LogP contribution in [0.2, 0.25) is 0 Å². The molecular weight excluding hydrogens is 805 g/mol. The number of hydrogen-bond acceptors (Lipinski definition) is 6. The van der Waals surface area contributed by atoms with Crippen LogP contribution < -0.4 is 0 Å². The molecule has 0 rings (SSSR count). The largest absolute Gasteiger partial charge is 0.462 e. The van der Waals surface area contributed by atoms with Gasteiger partial charge in [-0.15, -0.1) is 0 Å². The molecule has 65 heavy (non-hydrogen) atoms. The Bertz CT molecular complexity index is 1180. The van der Waals surface area contributed by atoms with Crippen LogP contribution in [0.1, 0.15) is 278 Å². The number of unbranched alkanes of at least 4 members (excludes halogenated alkanes) is 32. The Kier molecular flexibility index (Phi) is 51.3. The van der Waals surface area contributed by atoms with Crippen molar-refractivity contribution in [2.24, 2.45) is 0 Å². The van der Waals surface area contributed by atoms with Crippen molar-refractivity contribution in [1.29, 1.82) is 0 Å². The third-order valence-corrected chi connectivity index (χ3v) is 12.1. The number of carbonyl (C=O) groups excluding carboxylic acids is 3. The van der Waals surface area contributed by atoms with Gasteiger partial charge in [0.2, 0.25) is 0 Å². The minimum Gasteiger partial charge on any atom is -0.462 e. The average molecular weight is 909 g/mol. The lowest BCUT2D eigenvalue weighted by molar-refractivity contribution is -0.167. The molecule has 0 spiro atoms. The average Bonchev–Trinajstić information content (AvgIpc) is 3.30. The van der Waals surface area contributed by atoms with Crippen LogP contribution in [0.15, 0.2) is 60.8 Å². The first-order valence-corrected chi connectivity index (χ1v) is 27.8. The van der Waals surface area contributed by atoms with Crippen LogP contribution >= 0.6 is 0 Å². The SMILES string of the molecule is CC\C=C/C=C\C=C/CCCCCCCC(=O)OCC(COC(=O)CCCCCCC/C=C\C=C/CCCCCCCCC)OC(=O)CCCCCCCCCCCCCCCCCC. The first-order valence-electron chi connectivity index (χ1n) is 27.8. The van der Waals surface area contributed by atoms with Gasteiger partial charge in [-0.25, -0.2) is 0 Å². The third-order valence-electron chi connectivity index (χ3n) is 12.1. The van der Waals surface area contributed by atoms with Crippen LogP contribution in [0.4, 0.5) is 0 Å². The highest BCUT2D eigenvalue weighted by molar-refractivity contribution is 5.71.